The lowest BCUT2D eigenvalue weighted by Crippen LogP contribution is -2.42. The van der Waals surface area contributed by atoms with Gasteiger partial charge in [-0.25, -0.2) is 4.68 Å². The summed E-state index contributed by atoms with van der Waals surface area (Å²) in [6.07, 6.45) is 4.45. The summed E-state index contributed by atoms with van der Waals surface area (Å²) in [5, 5.41) is 9.59. The summed E-state index contributed by atoms with van der Waals surface area (Å²) >= 11 is 0. The van der Waals surface area contributed by atoms with Crippen LogP contribution in [0.1, 0.15) is 36.8 Å². The Hall–Kier alpha value is -2.96. The molecule has 1 amide bonds. The summed E-state index contributed by atoms with van der Waals surface area (Å²) in [6, 6.07) is 9.02. The predicted molar refractivity (Wildman–Crippen MR) is 95.5 cm³/mol. The molecule has 7 nitrogen and oxygen atoms in total. The second-order valence-corrected chi connectivity index (χ2v) is 6.66. The number of fused-ring (bicyclic) bond motifs is 1. The van der Waals surface area contributed by atoms with Crippen LogP contribution in [0.4, 0.5) is 0 Å². The van der Waals surface area contributed by atoms with E-state index in [0.29, 0.717) is 11.9 Å². The van der Waals surface area contributed by atoms with Gasteiger partial charge >= 0.3 is 0 Å². The van der Waals surface area contributed by atoms with Gasteiger partial charge in [0.05, 0.1) is 17.6 Å². The molecular weight excluding hydrogens is 332 g/mol. The molecule has 0 radical (unpaired) electrons. The van der Waals surface area contributed by atoms with Gasteiger partial charge in [-0.15, -0.1) is 0 Å². The Kier molecular flexibility index (Phi) is 4.28. The van der Waals surface area contributed by atoms with Gasteiger partial charge in [0.15, 0.2) is 0 Å². The zero-order valence-corrected chi connectivity index (χ0v) is 14.6. The van der Waals surface area contributed by atoms with Crippen molar-refractivity contribution in [3.63, 3.8) is 0 Å². The maximum Gasteiger partial charge on any atom is 0.275 e. The fourth-order valence-electron chi connectivity index (χ4n) is 3.54. The summed E-state index contributed by atoms with van der Waals surface area (Å²) in [7, 11) is 0. The summed E-state index contributed by atoms with van der Waals surface area (Å²) in [5.74, 6) is 0.602. The van der Waals surface area contributed by atoms with E-state index in [-0.39, 0.29) is 24.1 Å². The molecule has 1 saturated heterocycles. The number of benzene rings is 1. The molecule has 0 spiro atoms. The number of piperidine rings is 1. The molecule has 1 fully saturated rings. The second-order valence-electron chi connectivity index (χ2n) is 6.66. The van der Waals surface area contributed by atoms with Crippen molar-refractivity contribution in [2.75, 3.05) is 6.54 Å². The summed E-state index contributed by atoms with van der Waals surface area (Å²) in [5.41, 5.74) is 0.525. The maximum atomic E-state index is 12.9. The van der Waals surface area contributed by atoms with Gasteiger partial charge in [-0.05, 0) is 32.3 Å². The Labute approximate surface area is 150 Å². The van der Waals surface area contributed by atoms with Crippen molar-refractivity contribution in [2.45, 2.75) is 38.8 Å². The molecule has 1 aliphatic rings. The fraction of sp³-hybridized carbons (Fsp3) is 0.368. The standard InChI is InChI=1S/C19H20N4O3/c1-13-10-16(21-26-13)17-8-4-5-9-22(17)18(24)12-23-19(25)15-7-3-2-6-14(15)11-20-23/h2-3,6-7,10-11,17H,4-5,8-9,12H2,1H3/t17-/m0/s1. The van der Waals surface area contributed by atoms with Gasteiger partial charge in [0.2, 0.25) is 5.91 Å². The van der Waals surface area contributed by atoms with Gasteiger partial charge in [0.25, 0.3) is 5.56 Å². The Morgan fingerprint density at radius 2 is 2.15 bits per heavy atom. The smallest absolute Gasteiger partial charge is 0.275 e. The first-order valence-corrected chi connectivity index (χ1v) is 8.81. The molecule has 1 aromatic carbocycles. The Morgan fingerprint density at radius 3 is 2.96 bits per heavy atom. The van der Waals surface area contributed by atoms with Crippen LogP contribution in [0.5, 0.6) is 0 Å². The average molecular weight is 352 g/mol. The third-order valence-corrected chi connectivity index (χ3v) is 4.86. The van der Waals surface area contributed by atoms with E-state index in [4.69, 9.17) is 4.52 Å². The third-order valence-electron chi connectivity index (χ3n) is 4.86. The number of carbonyl (C=O) groups is 1. The molecule has 4 rings (SSSR count). The number of carbonyl (C=O) groups excluding carboxylic acids is 1. The van der Waals surface area contributed by atoms with Gasteiger partial charge in [-0.3, -0.25) is 9.59 Å². The summed E-state index contributed by atoms with van der Waals surface area (Å²) in [4.78, 5) is 27.3. The Bertz CT molecular complexity index is 1010. The van der Waals surface area contributed by atoms with E-state index in [1.165, 1.54) is 4.68 Å². The SMILES string of the molecule is Cc1cc([C@@H]2CCCCN2C(=O)Cn2ncc3ccccc3c2=O)no1. The van der Waals surface area contributed by atoms with E-state index < -0.39 is 0 Å². The van der Waals surface area contributed by atoms with E-state index in [2.05, 4.69) is 10.3 Å². The number of likely N-dealkylation sites (tertiary alicyclic amines) is 1. The van der Waals surface area contributed by atoms with Crippen molar-refractivity contribution in [1.82, 2.24) is 19.8 Å². The molecule has 3 aromatic rings. The van der Waals surface area contributed by atoms with Gasteiger partial charge in [0, 0.05) is 18.0 Å². The predicted octanol–water partition coefficient (Wildman–Crippen LogP) is 2.45. The molecule has 26 heavy (non-hydrogen) atoms. The van der Waals surface area contributed by atoms with Gasteiger partial charge < -0.3 is 9.42 Å². The van der Waals surface area contributed by atoms with Crippen LogP contribution in [-0.2, 0) is 11.3 Å². The van der Waals surface area contributed by atoms with Crippen LogP contribution in [0.2, 0.25) is 0 Å². The molecule has 3 heterocycles. The van der Waals surface area contributed by atoms with Crippen LogP contribution in [0, 0.1) is 6.92 Å². The summed E-state index contributed by atoms with van der Waals surface area (Å²) < 4.78 is 6.42. The monoisotopic (exact) mass is 352 g/mol. The van der Waals surface area contributed by atoms with E-state index in [1.807, 2.05) is 31.2 Å². The lowest BCUT2D eigenvalue weighted by atomic mass is 9.99. The lowest BCUT2D eigenvalue weighted by molar-refractivity contribution is -0.136. The minimum Gasteiger partial charge on any atom is -0.361 e. The topological polar surface area (TPSA) is 81.2 Å². The zero-order chi connectivity index (χ0) is 18.1. The van der Waals surface area contributed by atoms with Crippen molar-refractivity contribution in [2.24, 2.45) is 0 Å². The molecule has 2 aromatic heterocycles. The first kappa shape index (κ1) is 16.5. The molecule has 7 heteroatoms. The van der Waals surface area contributed by atoms with Crippen molar-refractivity contribution >= 4 is 16.7 Å². The van der Waals surface area contributed by atoms with Gasteiger partial charge in [-0.1, -0.05) is 23.4 Å². The number of nitrogens with zero attached hydrogens (tertiary/aromatic N) is 4. The minimum absolute atomic E-state index is 0.0724. The quantitative estimate of drug-likeness (QED) is 0.723. The third kappa shape index (κ3) is 3.00. The Balaban J connectivity index is 1.60. The number of hydrogen-bond acceptors (Lipinski definition) is 5. The van der Waals surface area contributed by atoms with E-state index in [9.17, 15) is 9.59 Å². The van der Waals surface area contributed by atoms with Crippen LogP contribution in [0.25, 0.3) is 10.8 Å². The lowest BCUT2D eigenvalue weighted by Gasteiger charge is -2.34. The number of aromatic nitrogens is 3. The minimum atomic E-state index is -0.248. The summed E-state index contributed by atoms with van der Waals surface area (Å²) in [6.45, 7) is 2.42. The molecule has 0 N–H and O–H groups in total. The first-order valence-electron chi connectivity index (χ1n) is 8.81. The number of rotatable bonds is 3. The molecule has 0 unspecified atom stereocenters. The van der Waals surface area contributed by atoms with Crippen LogP contribution in [0.15, 0.2) is 45.8 Å². The van der Waals surface area contributed by atoms with E-state index >= 15 is 0 Å². The molecular formula is C19H20N4O3. The van der Waals surface area contributed by atoms with Crippen molar-refractivity contribution < 1.29 is 9.32 Å². The molecule has 0 aliphatic carbocycles. The molecule has 1 atom stereocenters. The Morgan fingerprint density at radius 1 is 1.31 bits per heavy atom. The average Bonchev–Trinajstić information content (AvgIpc) is 3.10. The first-order chi connectivity index (χ1) is 12.6. The van der Waals surface area contributed by atoms with Crippen LogP contribution in [0.3, 0.4) is 0 Å². The second kappa shape index (κ2) is 6.74. The highest BCUT2D eigenvalue weighted by Crippen LogP contribution is 2.30. The van der Waals surface area contributed by atoms with Crippen LogP contribution in [-0.4, -0.2) is 32.3 Å². The largest absolute Gasteiger partial charge is 0.361 e. The van der Waals surface area contributed by atoms with Gasteiger partial charge in [0.1, 0.15) is 18.0 Å². The highest BCUT2D eigenvalue weighted by atomic mass is 16.5. The van der Waals surface area contributed by atoms with E-state index in [1.54, 1.807) is 17.2 Å². The highest BCUT2D eigenvalue weighted by Gasteiger charge is 2.30. The van der Waals surface area contributed by atoms with Crippen molar-refractivity contribution in [1.29, 1.82) is 0 Å². The van der Waals surface area contributed by atoms with Crippen molar-refractivity contribution in [3.05, 3.63) is 58.3 Å². The molecule has 0 saturated carbocycles. The normalized spacial score (nSPS) is 17.6. The maximum absolute atomic E-state index is 12.9. The van der Waals surface area contributed by atoms with E-state index in [0.717, 1.165) is 36.1 Å². The number of hydrogen-bond donors (Lipinski definition) is 0. The number of aryl methyl sites for hydroxylation is 1. The van der Waals surface area contributed by atoms with Gasteiger partial charge in [-0.2, -0.15) is 5.10 Å². The fourth-order valence-corrected chi connectivity index (χ4v) is 3.54. The van der Waals surface area contributed by atoms with Crippen molar-refractivity contribution in [3.8, 4) is 0 Å². The molecule has 0 bridgehead atoms. The number of amides is 1. The highest BCUT2D eigenvalue weighted by molar-refractivity contribution is 5.81. The van der Waals surface area contributed by atoms with Crippen LogP contribution < -0.4 is 5.56 Å². The van der Waals surface area contributed by atoms with Crippen LogP contribution >= 0.6 is 0 Å². The zero-order valence-electron chi connectivity index (χ0n) is 14.6. The molecule has 1 aliphatic heterocycles. The molecule has 134 valence electrons.